The summed E-state index contributed by atoms with van der Waals surface area (Å²) in [5.74, 6) is 2.33. The molecule has 0 saturated carbocycles. The van der Waals surface area contributed by atoms with Crippen LogP contribution >= 0.6 is 12.6 Å². The Labute approximate surface area is 150 Å². The molecule has 5 heteroatoms. The molecule has 24 heavy (non-hydrogen) atoms. The van der Waals surface area contributed by atoms with Crippen LogP contribution in [0, 0.1) is 12.8 Å². The summed E-state index contributed by atoms with van der Waals surface area (Å²) in [6.07, 6.45) is 2.98. The third kappa shape index (κ3) is 4.53. The lowest BCUT2D eigenvalue weighted by Gasteiger charge is -2.23. The molecule has 0 bridgehead atoms. The average Bonchev–Trinajstić information content (AvgIpc) is 2.94. The van der Waals surface area contributed by atoms with Crippen molar-refractivity contribution in [1.82, 2.24) is 14.9 Å². The maximum atomic E-state index is 12.9. The van der Waals surface area contributed by atoms with Gasteiger partial charge in [0.2, 0.25) is 0 Å². The van der Waals surface area contributed by atoms with Crippen molar-refractivity contribution in [3.8, 4) is 0 Å². The Morgan fingerprint density at radius 1 is 1.33 bits per heavy atom. The molecule has 0 saturated heterocycles. The Hall–Kier alpha value is -1.49. The van der Waals surface area contributed by atoms with Crippen molar-refractivity contribution in [3.63, 3.8) is 0 Å². The van der Waals surface area contributed by atoms with Gasteiger partial charge in [0.1, 0.15) is 5.82 Å². The van der Waals surface area contributed by atoms with Crippen molar-refractivity contribution >= 4 is 29.6 Å². The summed E-state index contributed by atoms with van der Waals surface area (Å²) in [6.45, 7) is 9.97. The second kappa shape index (κ2) is 8.56. The van der Waals surface area contributed by atoms with Crippen molar-refractivity contribution in [2.45, 2.75) is 47.0 Å². The van der Waals surface area contributed by atoms with E-state index in [0.717, 1.165) is 53.8 Å². The summed E-state index contributed by atoms with van der Waals surface area (Å²) in [7, 11) is 0. The fourth-order valence-corrected chi connectivity index (χ4v) is 3.09. The number of carbonyl (C=O) groups is 1. The van der Waals surface area contributed by atoms with Crippen molar-refractivity contribution in [2.24, 2.45) is 5.92 Å². The SMILES string of the molecule is CCCc1nc2c(C)cc(C(=O)N(CCS)CCC(C)C)cc2[nH]1. The molecule has 0 aliphatic carbocycles. The van der Waals surface area contributed by atoms with Gasteiger partial charge in [-0.25, -0.2) is 4.98 Å². The number of aromatic amines is 1. The molecule has 4 nitrogen and oxygen atoms in total. The molecule has 1 aromatic heterocycles. The summed E-state index contributed by atoms with van der Waals surface area (Å²) in [5, 5.41) is 0. The lowest BCUT2D eigenvalue weighted by atomic mass is 10.1. The number of fused-ring (bicyclic) bond motifs is 1. The third-order valence-electron chi connectivity index (χ3n) is 4.19. The van der Waals surface area contributed by atoms with Crippen LogP contribution in [0.4, 0.5) is 0 Å². The molecular formula is C19H29N3OS. The maximum absolute atomic E-state index is 12.9. The molecule has 0 atom stereocenters. The smallest absolute Gasteiger partial charge is 0.253 e. The van der Waals surface area contributed by atoms with Gasteiger partial charge in [0.25, 0.3) is 5.91 Å². The fourth-order valence-electron chi connectivity index (χ4n) is 2.85. The van der Waals surface area contributed by atoms with Crippen LogP contribution in [0.3, 0.4) is 0 Å². The van der Waals surface area contributed by atoms with Gasteiger partial charge in [-0.15, -0.1) is 0 Å². The van der Waals surface area contributed by atoms with E-state index in [1.54, 1.807) is 0 Å². The number of aryl methyl sites for hydroxylation is 2. The summed E-state index contributed by atoms with van der Waals surface area (Å²) < 4.78 is 0. The number of amides is 1. The third-order valence-corrected chi connectivity index (χ3v) is 4.39. The number of imidazole rings is 1. The van der Waals surface area contributed by atoms with E-state index in [-0.39, 0.29) is 5.91 Å². The minimum Gasteiger partial charge on any atom is -0.342 e. The molecule has 1 N–H and O–H groups in total. The van der Waals surface area contributed by atoms with Crippen LogP contribution in [0.15, 0.2) is 12.1 Å². The molecule has 0 radical (unpaired) electrons. The van der Waals surface area contributed by atoms with Gasteiger partial charge in [0.15, 0.2) is 0 Å². The summed E-state index contributed by atoms with van der Waals surface area (Å²) in [5.41, 5.74) is 3.70. The van der Waals surface area contributed by atoms with Crippen LogP contribution in [0.25, 0.3) is 11.0 Å². The second-order valence-electron chi connectivity index (χ2n) is 6.82. The molecule has 0 spiro atoms. The molecule has 0 unspecified atom stereocenters. The molecule has 2 rings (SSSR count). The Bertz CT molecular complexity index is 693. The molecule has 0 aliphatic heterocycles. The highest BCUT2D eigenvalue weighted by atomic mass is 32.1. The van der Waals surface area contributed by atoms with Crippen LogP contribution in [0.1, 0.15) is 55.4 Å². The Kier molecular flexibility index (Phi) is 6.72. The topological polar surface area (TPSA) is 49.0 Å². The Balaban J connectivity index is 2.29. The van der Waals surface area contributed by atoms with E-state index in [9.17, 15) is 4.79 Å². The number of nitrogens with one attached hydrogen (secondary N) is 1. The number of aromatic nitrogens is 2. The minimum absolute atomic E-state index is 0.0846. The quantitative estimate of drug-likeness (QED) is 0.702. The van der Waals surface area contributed by atoms with Gasteiger partial charge in [0, 0.05) is 30.8 Å². The van der Waals surface area contributed by atoms with Crippen LogP contribution in [-0.4, -0.2) is 39.6 Å². The monoisotopic (exact) mass is 347 g/mol. The van der Waals surface area contributed by atoms with Crippen molar-refractivity contribution < 1.29 is 4.79 Å². The number of benzene rings is 1. The molecule has 0 aliphatic rings. The highest BCUT2D eigenvalue weighted by Crippen LogP contribution is 2.21. The highest BCUT2D eigenvalue weighted by molar-refractivity contribution is 7.80. The number of hydrogen-bond acceptors (Lipinski definition) is 3. The van der Waals surface area contributed by atoms with Gasteiger partial charge in [-0.05, 0) is 43.4 Å². The number of H-pyrrole nitrogens is 1. The largest absolute Gasteiger partial charge is 0.342 e. The molecule has 132 valence electrons. The zero-order chi connectivity index (χ0) is 17.7. The predicted octanol–water partition coefficient (Wildman–Crippen LogP) is 4.24. The number of nitrogens with zero attached hydrogens (tertiary/aromatic N) is 2. The van der Waals surface area contributed by atoms with E-state index >= 15 is 0 Å². The summed E-state index contributed by atoms with van der Waals surface area (Å²) in [6, 6.07) is 3.90. The average molecular weight is 348 g/mol. The minimum atomic E-state index is 0.0846. The van der Waals surface area contributed by atoms with E-state index < -0.39 is 0 Å². The van der Waals surface area contributed by atoms with Crippen molar-refractivity contribution in [2.75, 3.05) is 18.8 Å². The standard InChI is InChI=1S/C19H29N3OS/c1-5-6-17-20-16-12-15(11-14(4)18(16)21-17)19(23)22(9-10-24)8-7-13(2)3/h11-13,24H,5-10H2,1-4H3,(H,20,21). The van der Waals surface area contributed by atoms with Gasteiger partial charge in [0.05, 0.1) is 11.0 Å². The zero-order valence-corrected chi connectivity index (χ0v) is 16.1. The first kappa shape index (κ1) is 18.8. The Morgan fingerprint density at radius 3 is 2.71 bits per heavy atom. The molecule has 1 heterocycles. The number of hydrogen-bond donors (Lipinski definition) is 2. The van der Waals surface area contributed by atoms with Crippen LogP contribution < -0.4 is 0 Å². The van der Waals surface area contributed by atoms with Crippen LogP contribution in [0.5, 0.6) is 0 Å². The fraction of sp³-hybridized carbons (Fsp3) is 0.579. The van der Waals surface area contributed by atoms with Gasteiger partial charge in [-0.3, -0.25) is 4.79 Å². The van der Waals surface area contributed by atoms with E-state index in [1.807, 2.05) is 24.0 Å². The second-order valence-corrected chi connectivity index (χ2v) is 7.27. The Morgan fingerprint density at radius 2 is 2.08 bits per heavy atom. The van der Waals surface area contributed by atoms with Crippen LogP contribution in [0.2, 0.25) is 0 Å². The van der Waals surface area contributed by atoms with Crippen molar-refractivity contribution in [3.05, 3.63) is 29.1 Å². The first-order valence-electron chi connectivity index (χ1n) is 8.85. The summed E-state index contributed by atoms with van der Waals surface area (Å²) in [4.78, 5) is 22.9. The van der Waals surface area contributed by atoms with E-state index in [1.165, 1.54) is 0 Å². The number of carbonyl (C=O) groups excluding carboxylic acids is 1. The predicted molar refractivity (Wildman–Crippen MR) is 104 cm³/mol. The lowest BCUT2D eigenvalue weighted by Crippen LogP contribution is -2.34. The maximum Gasteiger partial charge on any atom is 0.253 e. The normalized spacial score (nSPS) is 11.4. The number of rotatable bonds is 8. The molecule has 2 aromatic rings. The molecular weight excluding hydrogens is 318 g/mol. The van der Waals surface area contributed by atoms with E-state index in [2.05, 4.69) is 43.4 Å². The van der Waals surface area contributed by atoms with Gasteiger partial charge >= 0.3 is 0 Å². The first-order valence-corrected chi connectivity index (χ1v) is 9.48. The molecule has 0 fully saturated rings. The lowest BCUT2D eigenvalue weighted by molar-refractivity contribution is 0.0759. The van der Waals surface area contributed by atoms with Gasteiger partial charge in [-0.2, -0.15) is 12.6 Å². The van der Waals surface area contributed by atoms with Crippen molar-refractivity contribution in [1.29, 1.82) is 0 Å². The van der Waals surface area contributed by atoms with Crippen LogP contribution in [-0.2, 0) is 6.42 Å². The first-order chi connectivity index (χ1) is 11.5. The summed E-state index contributed by atoms with van der Waals surface area (Å²) >= 11 is 4.31. The van der Waals surface area contributed by atoms with E-state index in [0.29, 0.717) is 18.2 Å². The van der Waals surface area contributed by atoms with E-state index in [4.69, 9.17) is 0 Å². The molecule has 1 aromatic carbocycles. The zero-order valence-electron chi connectivity index (χ0n) is 15.2. The molecule has 1 amide bonds. The highest BCUT2D eigenvalue weighted by Gasteiger charge is 2.18. The van der Waals surface area contributed by atoms with Gasteiger partial charge < -0.3 is 9.88 Å². The number of thiol groups is 1. The van der Waals surface area contributed by atoms with Gasteiger partial charge in [-0.1, -0.05) is 20.8 Å².